The van der Waals surface area contributed by atoms with Gasteiger partial charge in [0.15, 0.2) is 11.2 Å². The molecule has 1 N–H and O–H groups in total. The zero-order valence-corrected chi connectivity index (χ0v) is 25.6. The van der Waals surface area contributed by atoms with Crippen molar-refractivity contribution < 1.29 is 42.5 Å². The first kappa shape index (κ1) is 34.1. The number of halogens is 1. The van der Waals surface area contributed by atoms with Crippen LogP contribution in [0.2, 0.25) is 0 Å². The van der Waals surface area contributed by atoms with Crippen molar-refractivity contribution in [3.63, 3.8) is 0 Å². The lowest BCUT2D eigenvalue weighted by molar-refractivity contribution is -0.241. The van der Waals surface area contributed by atoms with Gasteiger partial charge >= 0.3 is 17.9 Å². The van der Waals surface area contributed by atoms with Gasteiger partial charge in [0, 0.05) is 32.6 Å². The Kier molecular flexibility index (Phi) is 13.9. The number of fused-ring (bicyclic) bond motifs is 1. The van der Waals surface area contributed by atoms with Crippen LogP contribution in [0.3, 0.4) is 0 Å². The van der Waals surface area contributed by atoms with E-state index in [2.05, 4.69) is 39.6 Å². The molecule has 40 heavy (non-hydrogen) atoms. The number of rotatable bonds is 8. The van der Waals surface area contributed by atoms with Gasteiger partial charge in [0.25, 0.3) is 0 Å². The van der Waals surface area contributed by atoms with Crippen LogP contribution in [-0.4, -0.2) is 89.7 Å². The quantitative estimate of drug-likeness (QED) is 0.189. The van der Waals surface area contributed by atoms with Gasteiger partial charge in [-0.2, -0.15) is 0 Å². The van der Waals surface area contributed by atoms with E-state index >= 15 is 0 Å². The highest BCUT2D eigenvalue weighted by Crippen LogP contribution is 2.38. The van der Waals surface area contributed by atoms with Crippen LogP contribution in [0.15, 0.2) is 9.98 Å². The summed E-state index contributed by atoms with van der Waals surface area (Å²) in [4.78, 5) is 41.8. The molecule has 0 unspecified atom stereocenters. The molecule has 3 aliphatic rings. The third kappa shape index (κ3) is 9.20. The number of hydrogen-bond acceptors (Lipinski definition) is 12. The van der Waals surface area contributed by atoms with E-state index in [1.165, 1.54) is 32.5 Å². The molecule has 11 nitrogen and oxygen atoms in total. The summed E-state index contributed by atoms with van der Waals surface area (Å²) in [6.07, 6.45) is -0.318. The van der Waals surface area contributed by atoms with Crippen LogP contribution in [0, 0.1) is 11.8 Å². The van der Waals surface area contributed by atoms with Crippen LogP contribution < -0.4 is 5.32 Å². The predicted molar refractivity (Wildman–Crippen MR) is 151 cm³/mol. The highest BCUT2D eigenvalue weighted by molar-refractivity contribution is 8.14. The first-order valence-corrected chi connectivity index (χ1v) is 14.7. The molecule has 226 valence electrons. The SMILES string of the molecule is CC[C@H]1O[C@@H](OC(C)=O)[C@H](N=C=S)[C@@H](OC(C)=O)[C@@H]1C.CC[C@H]1O[C@@H]2SC(=NCCF)N[C@@H]2[C@@H](OC(C)=O)[C@@H]1C. The molecule has 0 amide bonds. The maximum absolute atomic E-state index is 12.2. The first-order chi connectivity index (χ1) is 19.0. The normalized spacial score (nSPS) is 35.6. The fraction of sp³-hybridized carbons (Fsp3) is 0.808. The number of thioether (sulfide) groups is 1. The fourth-order valence-electron chi connectivity index (χ4n) is 5.03. The third-order valence-corrected chi connectivity index (χ3v) is 8.05. The molecular formula is C26H40FN3O8S2. The zero-order chi connectivity index (χ0) is 30.0. The van der Waals surface area contributed by atoms with Crippen molar-refractivity contribution in [3.05, 3.63) is 0 Å². The van der Waals surface area contributed by atoms with Crippen molar-refractivity contribution in [3.8, 4) is 0 Å². The molecule has 14 heteroatoms. The van der Waals surface area contributed by atoms with E-state index in [-0.39, 0.29) is 54.1 Å². The van der Waals surface area contributed by atoms with Gasteiger partial charge in [0.1, 0.15) is 30.4 Å². The second-order valence-electron chi connectivity index (χ2n) is 9.75. The number of carbonyl (C=O) groups excluding carboxylic acids is 3. The largest absolute Gasteiger partial charge is 0.460 e. The van der Waals surface area contributed by atoms with Gasteiger partial charge in [0.2, 0.25) is 6.29 Å². The lowest BCUT2D eigenvalue weighted by Crippen LogP contribution is -2.56. The summed E-state index contributed by atoms with van der Waals surface area (Å²) in [5.41, 5.74) is -0.140. The van der Waals surface area contributed by atoms with E-state index in [0.29, 0.717) is 11.6 Å². The minimum atomic E-state index is -0.923. The molecule has 3 saturated heterocycles. The monoisotopic (exact) mass is 605 g/mol. The van der Waals surface area contributed by atoms with Crippen LogP contribution >= 0.6 is 24.0 Å². The molecule has 3 fully saturated rings. The van der Waals surface area contributed by atoms with Crippen LogP contribution in [0.4, 0.5) is 4.39 Å². The van der Waals surface area contributed by atoms with Gasteiger partial charge < -0.3 is 29.0 Å². The van der Waals surface area contributed by atoms with Crippen LogP contribution in [-0.2, 0) is 38.1 Å². The predicted octanol–water partition coefficient (Wildman–Crippen LogP) is 3.44. The smallest absolute Gasteiger partial charge is 0.305 e. The van der Waals surface area contributed by atoms with Gasteiger partial charge in [0.05, 0.1) is 23.9 Å². The van der Waals surface area contributed by atoms with Gasteiger partial charge in [-0.25, -0.2) is 9.38 Å². The lowest BCUT2D eigenvalue weighted by Gasteiger charge is -2.42. The second kappa shape index (κ2) is 16.4. The number of ether oxygens (including phenoxy) is 5. The van der Waals surface area contributed by atoms with Crippen LogP contribution in [0.25, 0.3) is 0 Å². The van der Waals surface area contributed by atoms with E-state index in [1.54, 1.807) is 0 Å². The Morgan fingerprint density at radius 1 is 0.975 bits per heavy atom. The lowest BCUT2D eigenvalue weighted by atomic mass is 9.88. The molecule has 0 spiro atoms. The topological polar surface area (TPSA) is 134 Å². The molecule has 3 rings (SSSR count). The standard InChI is InChI=1S/C13H21FN2O3S.C13H19NO5S/c1-4-9-7(2)11(18-8(3)17)10-12(19-9)20-13(16-10)15-6-5-14;1-5-10-7(2)12(17-8(3)15)11(14-6-20)13(19-10)18-9(4)16/h7,9-12H,4-6H2,1-3H3,(H,15,16);7,10-13H,5H2,1-4H3/t7-,9-,10-,11+,12-;7-,10-,11-,12+,13-/m11/s1. The Morgan fingerprint density at radius 2 is 1.52 bits per heavy atom. The molecule has 0 aromatic heterocycles. The van der Waals surface area contributed by atoms with Crippen molar-refractivity contribution >= 4 is 52.2 Å². The molecule has 0 aromatic carbocycles. The zero-order valence-electron chi connectivity index (χ0n) is 24.0. The van der Waals surface area contributed by atoms with Crippen molar-refractivity contribution in [2.24, 2.45) is 21.8 Å². The molecular weight excluding hydrogens is 565 g/mol. The Labute approximate surface area is 244 Å². The maximum Gasteiger partial charge on any atom is 0.305 e. The van der Waals surface area contributed by atoms with Crippen molar-refractivity contribution in [2.45, 2.75) is 110 Å². The summed E-state index contributed by atoms with van der Waals surface area (Å²) >= 11 is 6.05. The van der Waals surface area contributed by atoms with E-state index in [1.807, 2.05) is 20.8 Å². The summed E-state index contributed by atoms with van der Waals surface area (Å²) in [5.74, 6) is -1.19. The summed E-state index contributed by atoms with van der Waals surface area (Å²) in [6, 6.07) is -0.821. The number of aliphatic imine (C=N–C) groups is 2. The van der Waals surface area contributed by atoms with E-state index < -0.39 is 37.0 Å². The number of amidine groups is 1. The van der Waals surface area contributed by atoms with E-state index in [9.17, 15) is 18.8 Å². The van der Waals surface area contributed by atoms with Crippen LogP contribution in [0.5, 0.6) is 0 Å². The summed E-state index contributed by atoms with van der Waals surface area (Å²) in [7, 11) is 0. The van der Waals surface area contributed by atoms with Crippen molar-refractivity contribution in [2.75, 3.05) is 13.2 Å². The molecule has 0 saturated carbocycles. The van der Waals surface area contributed by atoms with Gasteiger partial charge in [-0.15, -0.1) is 0 Å². The average molecular weight is 606 g/mol. The minimum absolute atomic E-state index is 0.0513. The Bertz CT molecular complexity index is 966. The molecule has 0 bridgehead atoms. The molecule has 10 atom stereocenters. The van der Waals surface area contributed by atoms with Gasteiger partial charge in [-0.05, 0) is 25.1 Å². The summed E-state index contributed by atoms with van der Waals surface area (Å²) in [6.45, 7) is 11.6. The van der Waals surface area contributed by atoms with E-state index in [0.717, 1.165) is 6.42 Å². The Balaban J connectivity index is 0.000000280. The fourth-order valence-corrected chi connectivity index (χ4v) is 6.31. The summed E-state index contributed by atoms with van der Waals surface area (Å²) in [5, 5.41) is 6.11. The second-order valence-corrected chi connectivity index (χ2v) is 11.0. The molecule has 0 aromatic rings. The number of nitrogens with zero attached hydrogens (tertiary/aromatic N) is 2. The van der Waals surface area contributed by atoms with E-state index in [4.69, 9.17) is 23.7 Å². The number of thiocarbonyl (C=S) groups is 1. The van der Waals surface area contributed by atoms with Gasteiger partial charge in [-0.1, -0.05) is 39.5 Å². The number of hydrogen-bond donors (Lipinski definition) is 1. The average Bonchev–Trinajstić information content (AvgIpc) is 3.30. The molecule has 3 aliphatic heterocycles. The number of isothiocyanates is 1. The maximum atomic E-state index is 12.2. The number of alkyl halides is 1. The molecule has 0 radical (unpaired) electrons. The first-order valence-electron chi connectivity index (χ1n) is 13.4. The summed E-state index contributed by atoms with van der Waals surface area (Å²) < 4.78 is 39.9. The van der Waals surface area contributed by atoms with Crippen molar-refractivity contribution in [1.29, 1.82) is 0 Å². The Morgan fingerprint density at radius 3 is 2.05 bits per heavy atom. The number of esters is 3. The molecule has 3 heterocycles. The highest BCUT2D eigenvalue weighted by Gasteiger charge is 2.50. The minimum Gasteiger partial charge on any atom is -0.460 e. The molecule has 0 aliphatic carbocycles. The van der Waals surface area contributed by atoms with Crippen LogP contribution in [0.1, 0.15) is 61.3 Å². The van der Waals surface area contributed by atoms with Gasteiger partial charge in [-0.3, -0.25) is 19.4 Å². The number of carbonyl (C=O) groups is 3. The highest BCUT2D eigenvalue weighted by atomic mass is 32.2. The van der Waals surface area contributed by atoms with Crippen molar-refractivity contribution in [1.82, 2.24) is 5.32 Å². The number of nitrogens with one attached hydrogen (secondary N) is 1. The third-order valence-electron chi connectivity index (χ3n) is 6.84. The Hall–Kier alpha value is -2.12.